The van der Waals surface area contributed by atoms with Crippen LogP contribution in [-0.2, 0) is 9.59 Å². The Morgan fingerprint density at radius 1 is 1.35 bits per heavy atom. The van der Waals surface area contributed by atoms with Gasteiger partial charge in [0.1, 0.15) is 11.4 Å². The molecule has 1 aromatic rings. The van der Waals surface area contributed by atoms with Crippen LogP contribution in [0.4, 0.5) is 10.1 Å². The lowest BCUT2D eigenvalue weighted by Crippen LogP contribution is -2.64. The van der Waals surface area contributed by atoms with Gasteiger partial charge in [-0.15, -0.1) is 0 Å². The molecule has 106 valence electrons. The molecule has 1 heterocycles. The Bertz CT molecular complexity index is 610. The van der Waals surface area contributed by atoms with E-state index >= 15 is 0 Å². The van der Waals surface area contributed by atoms with Crippen LogP contribution in [0.15, 0.2) is 18.2 Å². The number of hydrogen-bond acceptors (Lipinski definition) is 4. The number of rotatable bonds is 2. The second kappa shape index (κ2) is 4.70. The Morgan fingerprint density at radius 3 is 2.60 bits per heavy atom. The number of nitrogens with one attached hydrogen (secondary N) is 1. The third kappa shape index (κ3) is 2.17. The van der Waals surface area contributed by atoms with E-state index in [1.54, 1.807) is 13.8 Å². The largest absolute Gasteiger partial charge is 0.345 e. The fourth-order valence-corrected chi connectivity index (χ4v) is 2.22. The molecule has 0 radical (unpaired) electrons. The highest BCUT2D eigenvalue weighted by molar-refractivity contribution is 6.08. The van der Waals surface area contributed by atoms with Crippen molar-refractivity contribution in [1.29, 1.82) is 0 Å². The van der Waals surface area contributed by atoms with E-state index in [1.165, 1.54) is 30.0 Å². The molecule has 0 bridgehead atoms. The van der Waals surface area contributed by atoms with Gasteiger partial charge in [-0.05, 0) is 32.9 Å². The summed E-state index contributed by atoms with van der Waals surface area (Å²) in [5.74, 6) is -2.00. The van der Waals surface area contributed by atoms with Crippen LogP contribution in [0.3, 0.4) is 0 Å². The van der Waals surface area contributed by atoms with Crippen molar-refractivity contribution in [3.63, 3.8) is 0 Å². The van der Waals surface area contributed by atoms with E-state index < -0.39 is 23.2 Å². The lowest BCUT2D eigenvalue weighted by molar-refractivity contribution is -0.135. The summed E-state index contributed by atoms with van der Waals surface area (Å²) >= 11 is 0. The molecule has 0 aromatic heterocycles. The van der Waals surface area contributed by atoms with Crippen LogP contribution in [0.1, 0.15) is 31.1 Å². The molecule has 2 amide bonds. The first-order valence-electron chi connectivity index (χ1n) is 6.16. The summed E-state index contributed by atoms with van der Waals surface area (Å²) in [5.41, 5.74) is -0.978. The Morgan fingerprint density at radius 2 is 2.00 bits per heavy atom. The molecule has 1 aliphatic rings. The quantitative estimate of drug-likeness (QED) is 0.653. The zero-order chi connectivity index (χ0) is 15.1. The predicted octanol–water partition coefficient (Wildman–Crippen LogP) is 1.27. The molecule has 0 aliphatic carbocycles. The molecule has 0 atom stereocenters. The maximum atomic E-state index is 14.2. The van der Waals surface area contributed by atoms with Crippen LogP contribution in [0.25, 0.3) is 0 Å². The Hall–Kier alpha value is -2.24. The number of carbonyl (C=O) groups excluding carboxylic acids is 3. The molecule has 20 heavy (non-hydrogen) atoms. The SMILES string of the molecule is CC(=O)c1cccc(F)c1N1CC(=O)NC(=O)C1(C)C. The van der Waals surface area contributed by atoms with Crippen LogP contribution in [0, 0.1) is 5.82 Å². The molecule has 1 fully saturated rings. The first-order valence-corrected chi connectivity index (χ1v) is 6.16. The van der Waals surface area contributed by atoms with E-state index in [-0.39, 0.29) is 23.6 Å². The fraction of sp³-hybridized carbons (Fsp3) is 0.357. The minimum Gasteiger partial charge on any atom is -0.345 e. The van der Waals surface area contributed by atoms with Crippen molar-refractivity contribution in [2.24, 2.45) is 0 Å². The summed E-state index contributed by atoms with van der Waals surface area (Å²) in [6, 6.07) is 4.11. The highest BCUT2D eigenvalue weighted by atomic mass is 19.1. The number of carbonyl (C=O) groups is 3. The van der Waals surface area contributed by atoms with E-state index in [1.807, 2.05) is 0 Å². The number of para-hydroxylation sites is 1. The van der Waals surface area contributed by atoms with Crippen molar-refractivity contribution in [3.8, 4) is 0 Å². The van der Waals surface area contributed by atoms with Crippen molar-refractivity contribution >= 4 is 23.3 Å². The fourth-order valence-electron chi connectivity index (χ4n) is 2.22. The molecular formula is C14H15FN2O3. The Kier molecular flexibility index (Phi) is 3.33. The average molecular weight is 278 g/mol. The lowest BCUT2D eigenvalue weighted by Gasteiger charge is -2.42. The molecule has 5 nitrogen and oxygen atoms in total. The third-order valence-corrected chi connectivity index (χ3v) is 3.42. The third-order valence-electron chi connectivity index (χ3n) is 3.42. The van der Waals surface area contributed by atoms with Crippen LogP contribution >= 0.6 is 0 Å². The van der Waals surface area contributed by atoms with Gasteiger partial charge in [0.05, 0.1) is 12.2 Å². The number of nitrogens with zero attached hydrogens (tertiary/aromatic N) is 1. The van der Waals surface area contributed by atoms with Gasteiger partial charge in [-0.25, -0.2) is 4.39 Å². The van der Waals surface area contributed by atoms with Crippen molar-refractivity contribution in [2.45, 2.75) is 26.3 Å². The van der Waals surface area contributed by atoms with E-state index in [0.29, 0.717) is 0 Å². The van der Waals surface area contributed by atoms with Gasteiger partial charge in [0, 0.05) is 5.56 Å². The van der Waals surface area contributed by atoms with E-state index in [0.717, 1.165) is 0 Å². The summed E-state index contributed by atoms with van der Waals surface area (Å²) in [6.45, 7) is 4.29. The molecule has 2 rings (SSSR count). The molecule has 1 saturated heterocycles. The molecule has 1 aliphatic heterocycles. The summed E-state index contributed by atoms with van der Waals surface area (Å²) in [6.07, 6.45) is 0. The van der Waals surface area contributed by atoms with Crippen molar-refractivity contribution in [3.05, 3.63) is 29.6 Å². The molecule has 0 spiro atoms. The van der Waals surface area contributed by atoms with Gasteiger partial charge in [-0.1, -0.05) is 6.07 Å². The van der Waals surface area contributed by atoms with Crippen molar-refractivity contribution < 1.29 is 18.8 Å². The maximum absolute atomic E-state index is 14.2. The molecule has 0 saturated carbocycles. The lowest BCUT2D eigenvalue weighted by atomic mass is 9.95. The normalized spacial score (nSPS) is 17.9. The molecule has 1 N–H and O–H groups in total. The zero-order valence-electron chi connectivity index (χ0n) is 11.5. The van der Waals surface area contributed by atoms with E-state index in [2.05, 4.69) is 5.32 Å². The van der Waals surface area contributed by atoms with Crippen molar-refractivity contribution in [2.75, 3.05) is 11.4 Å². The number of imide groups is 1. The summed E-state index contributed by atoms with van der Waals surface area (Å²) in [7, 11) is 0. The first kappa shape index (κ1) is 14.2. The maximum Gasteiger partial charge on any atom is 0.251 e. The predicted molar refractivity (Wildman–Crippen MR) is 71.0 cm³/mol. The number of halogens is 1. The standard InChI is InChI=1S/C14H15FN2O3/c1-8(18)9-5-4-6-10(15)12(9)17-7-11(19)16-13(20)14(17,2)3/h4-6H,7H2,1-3H3,(H,16,19,20). The Labute approximate surface area is 115 Å². The Balaban J connectivity index is 2.63. The highest BCUT2D eigenvalue weighted by Crippen LogP contribution is 2.32. The van der Waals surface area contributed by atoms with Crippen molar-refractivity contribution in [1.82, 2.24) is 5.32 Å². The number of ketones is 1. The average Bonchev–Trinajstić information content (AvgIpc) is 2.34. The van der Waals surface area contributed by atoms with Gasteiger partial charge in [-0.3, -0.25) is 19.7 Å². The summed E-state index contributed by atoms with van der Waals surface area (Å²) < 4.78 is 14.2. The van der Waals surface area contributed by atoms with Crippen LogP contribution < -0.4 is 10.2 Å². The molecule has 0 unspecified atom stereocenters. The zero-order valence-corrected chi connectivity index (χ0v) is 11.5. The van der Waals surface area contributed by atoms with Crippen LogP contribution in [0.5, 0.6) is 0 Å². The van der Waals surface area contributed by atoms with Gasteiger partial charge in [-0.2, -0.15) is 0 Å². The topological polar surface area (TPSA) is 66.5 Å². The minimum absolute atomic E-state index is 0.00630. The monoisotopic (exact) mass is 278 g/mol. The first-order chi connectivity index (χ1) is 9.25. The van der Waals surface area contributed by atoms with Crippen LogP contribution in [-0.4, -0.2) is 29.7 Å². The number of hydrogen-bond donors (Lipinski definition) is 1. The van der Waals surface area contributed by atoms with E-state index in [4.69, 9.17) is 0 Å². The smallest absolute Gasteiger partial charge is 0.251 e. The van der Waals surface area contributed by atoms with Gasteiger partial charge in [0.15, 0.2) is 5.78 Å². The number of amides is 2. The second-order valence-electron chi connectivity index (χ2n) is 5.21. The van der Waals surface area contributed by atoms with Gasteiger partial charge < -0.3 is 4.90 Å². The molecule has 6 heteroatoms. The van der Waals surface area contributed by atoms with Gasteiger partial charge in [0.25, 0.3) is 5.91 Å². The van der Waals surface area contributed by atoms with Gasteiger partial charge in [0.2, 0.25) is 5.91 Å². The number of anilines is 1. The number of piperazine rings is 1. The second-order valence-corrected chi connectivity index (χ2v) is 5.21. The highest BCUT2D eigenvalue weighted by Gasteiger charge is 2.42. The minimum atomic E-state index is -1.12. The number of Topliss-reactive ketones (excluding diaryl/α,β-unsaturated/α-hetero) is 1. The summed E-state index contributed by atoms with van der Waals surface area (Å²) in [4.78, 5) is 36.5. The van der Waals surface area contributed by atoms with Gasteiger partial charge >= 0.3 is 0 Å². The molecule has 1 aromatic carbocycles. The van der Waals surface area contributed by atoms with E-state index in [9.17, 15) is 18.8 Å². The van der Waals surface area contributed by atoms with Crippen LogP contribution in [0.2, 0.25) is 0 Å². The summed E-state index contributed by atoms with van der Waals surface area (Å²) in [5, 5.41) is 2.21. The number of benzene rings is 1. The molecular weight excluding hydrogens is 263 g/mol.